The monoisotopic (exact) mass is 327 g/mol. The molecule has 5 heteroatoms. The molecule has 1 aromatic heterocycles. The Kier molecular flexibility index (Phi) is 5.30. The van der Waals surface area contributed by atoms with Gasteiger partial charge in [0.2, 0.25) is 0 Å². The van der Waals surface area contributed by atoms with Crippen molar-refractivity contribution in [1.82, 2.24) is 9.78 Å². The smallest absolute Gasteiger partial charge is 0.359 e. The summed E-state index contributed by atoms with van der Waals surface area (Å²) in [5.74, 6) is -0.354. The van der Waals surface area contributed by atoms with E-state index in [-0.39, 0.29) is 12.0 Å². The Morgan fingerprint density at radius 3 is 2.92 bits per heavy atom. The molecule has 0 bridgehead atoms. The van der Waals surface area contributed by atoms with Crippen LogP contribution in [0.2, 0.25) is 0 Å². The third kappa shape index (κ3) is 3.51. The van der Waals surface area contributed by atoms with Crippen molar-refractivity contribution >= 4 is 5.97 Å². The summed E-state index contributed by atoms with van der Waals surface area (Å²) >= 11 is 0. The van der Waals surface area contributed by atoms with Crippen LogP contribution >= 0.6 is 0 Å². The zero-order valence-corrected chi connectivity index (χ0v) is 14.2. The number of aryl methyl sites for hydroxylation is 2. The van der Waals surface area contributed by atoms with Crippen LogP contribution in [0.25, 0.3) is 0 Å². The SMILES string of the molecule is CCOC(=O)c1nn(CCCc2ccccc2)c2c1C(N)CCC2. The number of aromatic nitrogens is 2. The van der Waals surface area contributed by atoms with E-state index in [4.69, 9.17) is 10.5 Å². The average Bonchev–Trinajstić information content (AvgIpc) is 2.97. The van der Waals surface area contributed by atoms with E-state index in [0.29, 0.717) is 12.3 Å². The first-order valence-corrected chi connectivity index (χ1v) is 8.77. The first-order chi connectivity index (χ1) is 11.7. The molecule has 128 valence electrons. The van der Waals surface area contributed by atoms with Gasteiger partial charge in [-0.05, 0) is 44.6 Å². The van der Waals surface area contributed by atoms with Crippen LogP contribution in [-0.4, -0.2) is 22.4 Å². The molecule has 0 radical (unpaired) electrons. The molecule has 1 aliphatic carbocycles. The van der Waals surface area contributed by atoms with Gasteiger partial charge in [-0.2, -0.15) is 5.10 Å². The number of benzene rings is 1. The van der Waals surface area contributed by atoms with Gasteiger partial charge in [-0.15, -0.1) is 0 Å². The second-order valence-electron chi connectivity index (χ2n) is 6.24. The predicted octanol–water partition coefficient (Wildman–Crippen LogP) is 3.03. The Hall–Kier alpha value is -2.14. The Balaban J connectivity index is 1.77. The number of nitrogens with zero attached hydrogens (tertiary/aromatic N) is 2. The van der Waals surface area contributed by atoms with Crippen molar-refractivity contribution in [2.24, 2.45) is 5.73 Å². The van der Waals surface area contributed by atoms with E-state index < -0.39 is 0 Å². The van der Waals surface area contributed by atoms with Crippen LogP contribution in [0, 0.1) is 0 Å². The van der Waals surface area contributed by atoms with E-state index in [9.17, 15) is 4.79 Å². The van der Waals surface area contributed by atoms with E-state index in [1.165, 1.54) is 5.56 Å². The molecule has 1 aliphatic rings. The van der Waals surface area contributed by atoms with Gasteiger partial charge in [-0.3, -0.25) is 4.68 Å². The van der Waals surface area contributed by atoms with Crippen LogP contribution in [0.15, 0.2) is 30.3 Å². The Labute approximate surface area is 142 Å². The highest BCUT2D eigenvalue weighted by atomic mass is 16.5. The average molecular weight is 327 g/mol. The van der Waals surface area contributed by atoms with E-state index in [0.717, 1.165) is 49.9 Å². The van der Waals surface area contributed by atoms with Gasteiger partial charge in [-0.1, -0.05) is 30.3 Å². The number of hydrogen-bond donors (Lipinski definition) is 1. The van der Waals surface area contributed by atoms with Gasteiger partial charge in [0.25, 0.3) is 0 Å². The number of carbonyl (C=O) groups is 1. The number of esters is 1. The molecule has 1 heterocycles. The fraction of sp³-hybridized carbons (Fsp3) is 0.474. The minimum atomic E-state index is -0.354. The van der Waals surface area contributed by atoms with Gasteiger partial charge in [0.15, 0.2) is 5.69 Å². The van der Waals surface area contributed by atoms with Gasteiger partial charge < -0.3 is 10.5 Å². The lowest BCUT2D eigenvalue weighted by Gasteiger charge is -2.20. The van der Waals surface area contributed by atoms with Crippen molar-refractivity contribution in [3.05, 3.63) is 52.8 Å². The highest BCUT2D eigenvalue weighted by Crippen LogP contribution is 2.31. The Morgan fingerprint density at radius 2 is 2.17 bits per heavy atom. The molecular weight excluding hydrogens is 302 g/mol. The maximum Gasteiger partial charge on any atom is 0.359 e. The summed E-state index contributed by atoms with van der Waals surface area (Å²) in [6.07, 6.45) is 4.85. The largest absolute Gasteiger partial charge is 0.461 e. The standard InChI is InChI=1S/C19H25N3O2/c1-2-24-19(23)18-17-15(20)11-6-12-16(17)22(21-18)13-7-10-14-8-4-3-5-9-14/h3-5,8-9,15H,2,6-7,10-13,20H2,1H3. The second kappa shape index (κ2) is 7.62. The van der Waals surface area contributed by atoms with Gasteiger partial charge in [0.1, 0.15) is 0 Å². The molecule has 2 N–H and O–H groups in total. The summed E-state index contributed by atoms with van der Waals surface area (Å²) in [5.41, 5.74) is 10.0. The van der Waals surface area contributed by atoms with Gasteiger partial charge >= 0.3 is 5.97 Å². The maximum atomic E-state index is 12.2. The minimum absolute atomic E-state index is 0.115. The summed E-state index contributed by atoms with van der Waals surface area (Å²) in [7, 11) is 0. The lowest BCUT2D eigenvalue weighted by Crippen LogP contribution is -2.20. The summed E-state index contributed by atoms with van der Waals surface area (Å²) in [6, 6.07) is 10.3. The fourth-order valence-electron chi connectivity index (χ4n) is 3.41. The lowest BCUT2D eigenvalue weighted by molar-refractivity contribution is 0.0516. The zero-order chi connectivity index (χ0) is 16.9. The van der Waals surface area contributed by atoms with E-state index >= 15 is 0 Å². The molecule has 24 heavy (non-hydrogen) atoms. The highest BCUT2D eigenvalue weighted by molar-refractivity contribution is 5.89. The molecule has 0 fully saturated rings. The Morgan fingerprint density at radius 1 is 1.38 bits per heavy atom. The van der Waals surface area contributed by atoms with Gasteiger partial charge in [0, 0.05) is 23.8 Å². The van der Waals surface area contributed by atoms with Crippen molar-refractivity contribution in [1.29, 1.82) is 0 Å². The summed E-state index contributed by atoms with van der Waals surface area (Å²) < 4.78 is 7.13. The number of nitrogens with two attached hydrogens (primary N) is 1. The number of fused-ring (bicyclic) bond motifs is 1. The normalized spacial score (nSPS) is 16.7. The van der Waals surface area contributed by atoms with E-state index in [1.807, 2.05) is 10.7 Å². The van der Waals surface area contributed by atoms with Crippen molar-refractivity contribution in [3.8, 4) is 0 Å². The molecular formula is C19H25N3O2. The first-order valence-electron chi connectivity index (χ1n) is 8.77. The molecule has 0 spiro atoms. The van der Waals surface area contributed by atoms with Gasteiger partial charge in [-0.25, -0.2) is 4.79 Å². The molecule has 3 rings (SSSR count). The highest BCUT2D eigenvalue weighted by Gasteiger charge is 2.30. The zero-order valence-electron chi connectivity index (χ0n) is 14.2. The van der Waals surface area contributed by atoms with Crippen molar-refractivity contribution in [2.45, 2.75) is 51.6 Å². The Bertz CT molecular complexity index is 694. The topological polar surface area (TPSA) is 70.1 Å². The molecule has 1 atom stereocenters. The lowest BCUT2D eigenvalue weighted by atomic mass is 9.91. The van der Waals surface area contributed by atoms with Crippen LogP contribution in [-0.2, 0) is 24.1 Å². The molecule has 0 saturated heterocycles. The number of hydrogen-bond acceptors (Lipinski definition) is 4. The van der Waals surface area contributed by atoms with Crippen molar-refractivity contribution in [2.75, 3.05) is 6.61 Å². The maximum absolute atomic E-state index is 12.2. The number of carbonyl (C=O) groups excluding carboxylic acids is 1. The summed E-state index contributed by atoms with van der Waals surface area (Å²) in [6.45, 7) is 2.95. The third-order valence-electron chi connectivity index (χ3n) is 4.54. The first kappa shape index (κ1) is 16.7. The molecule has 0 amide bonds. The van der Waals surface area contributed by atoms with Crippen LogP contribution in [0.5, 0.6) is 0 Å². The van der Waals surface area contributed by atoms with Crippen LogP contribution in [0.1, 0.15) is 59.5 Å². The van der Waals surface area contributed by atoms with Crippen molar-refractivity contribution in [3.63, 3.8) is 0 Å². The molecule has 0 saturated carbocycles. The minimum Gasteiger partial charge on any atom is -0.461 e. The molecule has 5 nitrogen and oxygen atoms in total. The predicted molar refractivity (Wildman–Crippen MR) is 92.8 cm³/mol. The molecule has 1 aromatic carbocycles. The second-order valence-corrected chi connectivity index (χ2v) is 6.24. The third-order valence-corrected chi connectivity index (χ3v) is 4.54. The summed E-state index contributed by atoms with van der Waals surface area (Å²) in [4.78, 5) is 12.2. The number of ether oxygens (including phenoxy) is 1. The molecule has 2 aromatic rings. The molecule has 1 unspecified atom stereocenters. The fourth-order valence-corrected chi connectivity index (χ4v) is 3.41. The van der Waals surface area contributed by atoms with Crippen LogP contribution in [0.3, 0.4) is 0 Å². The molecule has 0 aliphatic heterocycles. The van der Waals surface area contributed by atoms with Crippen LogP contribution < -0.4 is 5.73 Å². The van der Waals surface area contributed by atoms with E-state index in [1.54, 1.807) is 6.92 Å². The number of rotatable bonds is 6. The summed E-state index contributed by atoms with van der Waals surface area (Å²) in [5, 5.41) is 4.55. The van der Waals surface area contributed by atoms with Crippen molar-refractivity contribution < 1.29 is 9.53 Å². The van der Waals surface area contributed by atoms with Crippen LogP contribution in [0.4, 0.5) is 0 Å². The van der Waals surface area contributed by atoms with E-state index in [2.05, 4.69) is 29.4 Å². The van der Waals surface area contributed by atoms with Gasteiger partial charge in [0.05, 0.1) is 6.61 Å². The quantitative estimate of drug-likeness (QED) is 0.828.